The van der Waals surface area contributed by atoms with Crippen LogP contribution in [0.15, 0.2) is 24.3 Å². The molecular formula is C17H26ClN3O2. The predicted molar refractivity (Wildman–Crippen MR) is 91.6 cm³/mol. The standard InChI is InChI=1S/C17H26ClN3O2/c18-15-1-3-17(4-2-15)23-12-16(22)11-21-7-5-13(6-8-21)14-9-19-20-10-14/h1-4,13-14,16,19-20,22H,5-12H2. The van der Waals surface area contributed by atoms with Crippen molar-refractivity contribution in [2.75, 3.05) is 39.3 Å². The molecule has 2 saturated heterocycles. The molecule has 0 aromatic heterocycles. The minimum absolute atomic E-state index is 0.317. The van der Waals surface area contributed by atoms with Gasteiger partial charge in [0.25, 0.3) is 0 Å². The van der Waals surface area contributed by atoms with Crippen molar-refractivity contribution in [3.05, 3.63) is 29.3 Å². The first kappa shape index (κ1) is 17.0. The zero-order valence-electron chi connectivity index (χ0n) is 13.4. The molecular weight excluding hydrogens is 314 g/mol. The molecule has 2 heterocycles. The fraction of sp³-hybridized carbons (Fsp3) is 0.647. The topological polar surface area (TPSA) is 56.8 Å². The van der Waals surface area contributed by atoms with E-state index in [4.69, 9.17) is 16.3 Å². The van der Waals surface area contributed by atoms with Gasteiger partial charge in [-0.1, -0.05) is 11.6 Å². The number of β-amino-alcohol motifs (C(OH)–C–C–N with tert-alkyl or cyclic N) is 1. The smallest absolute Gasteiger partial charge is 0.119 e. The van der Waals surface area contributed by atoms with Gasteiger partial charge < -0.3 is 14.7 Å². The fourth-order valence-electron chi connectivity index (χ4n) is 3.49. The molecule has 1 atom stereocenters. The van der Waals surface area contributed by atoms with Crippen molar-refractivity contribution in [2.45, 2.75) is 18.9 Å². The number of ether oxygens (including phenoxy) is 1. The van der Waals surface area contributed by atoms with Crippen LogP contribution in [0.5, 0.6) is 5.75 Å². The van der Waals surface area contributed by atoms with Gasteiger partial charge in [-0.2, -0.15) is 0 Å². The van der Waals surface area contributed by atoms with Crippen LogP contribution in [0.2, 0.25) is 5.02 Å². The van der Waals surface area contributed by atoms with Gasteiger partial charge in [-0.3, -0.25) is 10.9 Å². The van der Waals surface area contributed by atoms with E-state index in [1.54, 1.807) is 12.1 Å². The molecule has 128 valence electrons. The van der Waals surface area contributed by atoms with Crippen molar-refractivity contribution in [2.24, 2.45) is 11.8 Å². The second-order valence-corrected chi connectivity index (χ2v) is 7.02. The van der Waals surface area contributed by atoms with Crippen LogP contribution in [0.3, 0.4) is 0 Å². The Kier molecular flexibility index (Phi) is 6.14. The molecule has 1 aromatic carbocycles. The maximum Gasteiger partial charge on any atom is 0.119 e. The first-order valence-corrected chi connectivity index (χ1v) is 8.83. The number of aliphatic hydroxyl groups is 1. The summed E-state index contributed by atoms with van der Waals surface area (Å²) in [5.41, 5.74) is 6.44. The lowest BCUT2D eigenvalue weighted by Gasteiger charge is -2.35. The van der Waals surface area contributed by atoms with Gasteiger partial charge >= 0.3 is 0 Å². The maximum atomic E-state index is 10.2. The molecule has 6 heteroatoms. The maximum absolute atomic E-state index is 10.2. The summed E-state index contributed by atoms with van der Waals surface area (Å²) in [5, 5.41) is 10.9. The van der Waals surface area contributed by atoms with E-state index in [2.05, 4.69) is 15.8 Å². The number of hydrazine groups is 1. The zero-order chi connectivity index (χ0) is 16.1. The molecule has 1 aromatic rings. The van der Waals surface area contributed by atoms with Crippen molar-refractivity contribution in [3.8, 4) is 5.75 Å². The molecule has 3 N–H and O–H groups in total. The molecule has 0 bridgehead atoms. The molecule has 0 aliphatic carbocycles. The lowest BCUT2D eigenvalue weighted by molar-refractivity contribution is 0.0508. The highest BCUT2D eigenvalue weighted by Gasteiger charge is 2.29. The Morgan fingerprint density at radius 3 is 2.43 bits per heavy atom. The van der Waals surface area contributed by atoms with Crippen LogP contribution in [0.4, 0.5) is 0 Å². The first-order valence-electron chi connectivity index (χ1n) is 8.45. The monoisotopic (exact) mass is 339 g/mol. The predicted octanol–water partition coefficient (Wildman–Crippen LogP) is 1.52. The summed E-state index contributed by atoms with van der Waals surface area (Å²) in [6.45, 7) is 5.31. The Bertz CT molecular complexity index is 471. The Hall–Kier alpha value is -0.850. The van der Waals surface area contributed by atoms with E-state index < -0.39 is 6.10 Å². The Morgan fingerprint density at radius 1 is 1.13 bits per heavy atom. The number of aliphatic hydroxyl groups excluding tert-OH is 1. The van der Waals surface area contributed by atoms with E-state index in [0.717, 1.165) is 43.8 Å². The summed E-state index contributed by atoms with van der Waals surface area (Å²) in [4.78, 5) is 2.35. The van der Waals surface area contributed by atoms with Crippen molar-refractivity contribution in [1.29, 1.82) is 0 Å². The van der Waals surface area contributed by atoms with E-state index in [0.29, 0.717) is 18.2 Å². The summed E-state index contributed by atoms with van der Waals surface area (Å²) in [5.74, 6) is 2.31. The third kappa shape index (κ3) is 5.06. The lowest BCUT2D eigenvalue weighted by Crippen LogP contribution is -2.42. The highest BCUT2D eigenvalue weighted by atomic mass is 35.5. The summed E-state index contributed by atoms with van der Waals surface area (Å²) in [7, 11) is 0. The molecule has 0 spiro atoms. The Labute approximate surface area is 142 Å². The summed E-state index contributed by atoms with van der Waals surface area (Å²) in [6.07, 6.45) is 1.98. The number of likely N-dealkylation sites (tertiary alicyclic amines) is 1. The molecule has 2 aliphatic heterocycles. The lowest BCUT2D eigenvalue weighted by atomic mass is 9.85. The third-order valence-electron chi connectivity index (χ3n) is 4.88. The number of hydrogen-bond acceptors (Lipinski definition) is 5. The molecule has 0 saturated carbocycles. The number of nitrogens with zero attached hydrogens (tertiary/aromatic N) is 1. The highest BCUT2D eigenvalue weighted by Crippen LogP contribution is 2.25. The summed E-state index contributed by atoms with van der Waals surface area (Å²) < 4.78 is 5.61. The van der Waals surface area contributed by atoms with E-state index >= 15 is 0 Å². The molecule has 0 amide bonds. The van der Waals surface area contributed by atoms with Crippen molar-refractivity contribution in [1.82, 2.24) is 15.8 Å². The number of halogens is 1. The molecule has 2 aliphatic rings. The van der Waals surface area contributed by atoms with Gasteiger partial charge in [0.15, 0.2) is 0 Å². The van der Waals surface area contributed by atoms with Crippen LogP contribution in [0.25, 0.3) is 0 Å². The quantitative estimate of drug-likeness (QED) is 0.733. The van der Waals surface area contributed by atoms with E-state index in [9.17, 15) is 5.11 Å². The molecule has 2 fully saturated rings. The third-order valence-corrected chi connectivity index (χ3v) is 5.13. The normalized spacial score (nSPS) is 22.3. The number of piperidine rings is 1. The Balaban J connectivity index is 1.35. The minimum atomic E-state index is -0.461. The van der Waals surface area contributed by atoms with Crippen molar-refractivity contribution < 1.29 is 9.84 Å². The van der Waals surface area contributed by atoms with E-state index in [-0.39, 0.29) is 0 Å². The number of rotatable bonds is 6. The fourth-order valence-corrected chi connectivity index (χ4v) is 3.62. The molecule has 3 rings (SSSR count). The number of nitrogens with one attached hydrogen (secondary N) is 2. The van der Waals surface area contributed by atoms with Gasteiger partial charge in [0, 0.05) is 24.7 Å². The van der Waals surface area contributed by atoms with E-state index in [1.807, 2.05) is 12.1 Å². The average molecular weight is 340 g/mol. The number of benzene rings is 1. The zero-order valence-corrected chi connectivity index (χ0v) is 14.1. The van der Waals surface area contributed by atoms with Gasteiger partial charge in [-0.15, -0.1) is 0 Å². The SMILES string of the molecule is OC(COc1ccc(Cl)cc1)CN1CCC(C2CNNC2)CC1. The van der Waals surface area contributed by atoms with Crippen LogP contribution in [0, 0.1) is 11.8 Å². The van der Waals surface area contributed by atoms with E-state index in [1.165, 1.54) is 12.8 Å². The molecule has 23 heavy (non-hydrogen) atoms. The first-order chi connectivity index (χ1) is 11.2. The van der Waals surface area contributed by atoms with Crippen LogP contribution in [-0.4, -0.2) is 55.4 Å². The van der Waals surface area contributed by atoms with Gasteiger partial charge in [0.2, 0.25) is 0 Å². The minimum Gasteiger partial charge on any atom is -0.491 e. The molecule has 0 radical (unpaired) electrons. The highest BCUT2D eigenvalue weighted by molar-refractivity contribution is 6.30. The van der Waals surface area contributed by atoms with Crippen molar-refractivity contribution >= 4 is 11.6 Å². The van der Waals surface area contributed by atoms with Crippen LogP contribution >= 0.6 is 11.6 Å². The second kappa shape index (κ2) is 8.31. The number of hydrogen-bond donors (Lipinski definition) is 3. The summed E-state index contributed by atoms with van der Waals surface area (Å²) >= 11 is 5.84. The Morgan fingerprint density at radius 2 is 1.78 bits per heavy atom. The second-order valence-electron chi connectivity index (χ2n) is 6.58. The largest absolute Gasteiger partial charge is 0.491 e. The molecule has 1 unspecified atom stereocenters. The van der Waals surface area contributed by atoms with Gasteiger partial charge in [-0.25, -0.2) is 0 Å². The van der Waals surface area contributed by atoms with Crippen LogP contribution < -0.4 is 15.6 Å². The van der Waals surface area contributed by atoms with Crippen LogP contribution in [0.1, 0.15) is 12.8 Å². The van der Waals surface area contributed by atoms with Crippen LogP contribution in [-0.2, 0) is 0 Å². The molecule has 5 nitrogen and oxygen atoms in total. The average Bonchev–Trinajstić information content (AvgIpc) is 3.09. The van der Waals surface area contributed by atoms with Gasteiger partial charge in [0.1, 0.15) is 18.5 Å². The summed E-state index contributed by atoms with van der Waals surface area (Å²) in [6, 6.07) is 7.23. The van der Waals surface area contributed by atoms with Crippen molar-refractivity contribution in [3.63, 3.8) is 0 Å². The van der Waals surface area contributed by atoms with Gasteiger partial charge in [-0.05, 0) is 62.0 Å². The van der Waals surface area contributed by atoms with Gasteiger partial charge in [0.05, 0.1) is 0 Å².